The van der Waals surface area contributed by atoms with Crippen LogP contribution in [0.25, 0.3) is 0 Å². The van der Waals surface area contributed by atoms with Gasteiger partial charge in [0.2, 0.25) is 0 Å². The molecule has 3 atom stereocenters. The molecule has 1 heteroatoms. The topological polar surface area (TPSA) is 12.0 Å². The van der Waals surface area contributed by atoms with Crippen molar-refractivity contribution in [1.82, 2.24) is 5.32 Å². The second kappa shape index (κ2) is 8.46. The molecule has 0 spiro atoms. The molecule has 3 unspecified atom stereocenters. The Hall–Kier alpha value is -0.820. The van der Waals surface area contributed by atoms with Crippen LogP contribution in [0.2, 0.25) is 0 Å². The molecule has 0 amide bonds. The van der Waals surface area contributed by atoms with Gasteiger partial charge in [0.05, 0.1) is 0 Å². The average molecular weight is 273 g/mol. The molecule has 0 heterocycles. The zero-order valence-corrected chi connectivity index (χ0v) is 13.3. The number of benzene rings is 1. The van der Waals surface area contributed by atoms with Gasteiger partial charge in [-0.2, -0.15) is 0 Å². The Kier molecular flexibility index (Phi) is 6.59. The highest BCUT2D eigenvalue weighted by molar-refractivity contribution is 5.18. The Bertz CT molecular complexity index is 359. The first-order valence-electron chi connectivity index (χ1n) is 8.59. The van der Waals surface area contributed by atoms with Gasteiger partial charge in [0, 0.05) is 6.04 Å². The van der Waals surface area contributed by atoms with Crippen LogP contribution in [-0.4, -0.2) is 6.54 Å². The highest BCUT2D eigenvalue weighted by atomic mass is 14.9. The fourth-order valence-electron chi connectivity index (χ4n) is 3.47. The van der Waals surface area contributed by atoms with Crippen LogP contribution in [0.3, 0.4) is 0 Å². The number of rotatable bonds is 7. The monoisotopic (exact) mass is 273 g/mol. The molecule has 1 aliphatic carbocycles. The van der Waals surface area contributed by atoms with E-state index >= 15 is 0 Å². The van der Waals surface area contributed by atoms with Crippen LogP contribution in [0, 0.1) is 11.8 Å². The van der Waals surface area contributed by atoms with E-state index in [9.17, 15) is 0 Å². The molecule has 20 heavy (non-hydrogen) atoms. The summed E-state index contributed by atoms with van der Waals surface area (Å²) in [5, 5.41) is 3.87. The van der Waals surface area contributed by atoms with E-state index in [1.54, 1.807) is 0 Å². The van der Waals surface area contributed by atoms with Crippen LogP contribution < -0.4 is 5.32 Å². The Morgan fingerprint density at radius 1 is 1.15 bits per heavy atom. The van der Waals surface area contributed by atoms with Crippen molar-refractivity contribution in [2.45, 2.75) is 64.8 Å². The third-order valence-electron chi connectivity index (χ3n) is 4.96. The average Bonchev–Trinajstić information content (AvgIpc) is 2.50. The Morgan fingerprint density at radius 2 is 1.90 bits per heavy atom. The van der Waals surface area contributed by atoms with Crippen LogP contribution in [0.4, 0.5) is 0 Å². The van der Waals surface area contributed by atoms with Gasteiger partial charge in [-0.1, -0.05) is 76.3 Å². The zero-order valence-electron chi connectivity index (χ0n) is 13.3. The summed E-state index contributed by atoms with van der Waals surface area (Å²) in [6.45, 7) is 5.92. The molecule has 1 saturated carbocycles. The van der Waals surface area contributed by atoms with Crippen LogP contribution >= 0.6 is 0 Å². The van der Waals surface area contributed by atoms with Crippen molar-refractivity contribution >= 4 is 0 Å². The van der Waals surface area contributed by atoms with Crippen LogP contribution in [0.5, 0.6) is 0 Å². The van der Waals surface area contributed by atoms with Crippen LogP contribution in [0.15, 0.2) is 30.3 Å². The lowest BCUT2D eigenvalue weighted by molar-refractivity contribution is 0.238. The fourth-order valence-corrected chi connectivity index (χ4v) is 3.47. The summed E-state index contributed by atoms with van der Waals surface area (Å²) < 4.78 is 0. The molecule has 2 rings (SSSR count). The van der Waals surface area contributed by atoms with Gasteiger partial charge in [-0.3, -0.25) is 0 Å². The fraction of sp³-hybridized carbons (Fsp3) is 0.684. The van der Waals surface area contributed by atoms with Crippen molar-refractivity contribution in [2.75, 3.05) is 6.54 Å². The van der Waals surface area contributed by atoms with Crippen molar-refractivity contribution in [3.8, 4) is 0 Å². The highest BCUT2D eigenvalue weighted by Gasteiger charge is 2.22. The van der Waals surface area contributed by atoms with E-state index in [-0.39, 0.29) is 0 Å². The van der Waals surface area contributed by atoms with Crippen molar-refractivity contribution in [3.63, 3.8) is 0 Å². The van der Waals surface area contributed by atoms with Crippen LogP contribution in [0.1, 0.15) is 70.4 Å². The SMILES string of the molecule is CCCCC(NCC1CCCCC1C)c1ccccc1. The third-order valence-corrected chi connectivity index (χ3v) is 4.96. The van der Waals surface area contributed by atoms with E-state index in [4.69, 9.17) is 0 Å². The maximum atomic E-state index is 3.87. The molecule has 112 valence electrons. The predicted molar refractivity (Wildman–Crippen MR) is 87.8 cm³/mol. The van der Waals surface area contributed by atoms with E-state index in [0.29, 0.717) is 6.04 Å². The van der Waals surface area contributed by atoms with Crippen molar-refractivity contribution in [2.24, 2.45) is 11.8 Å². The molecule has 0 saturated heterocycles. The normalized spacial score (nSPS) is 24.5. The molecular weight excluding hydrogens is 242 g/mol. The van der Waals surface area contributed by atoms with Gasteiger partial charge < -0.3 is 5.32 Å². The summed E-state index contributed by atoms with van der Waals surface area (Å²) in [4.78, 5) is 0. The Balaban J connectivity index is 1.90. The molecule has 1 aromatic carbocycles. The number of unbranched alkanes of at least 4 members (excludes halogenated alkanes) is 1. The summed E-state index contributed by atoms with van der Waals surface area (Å²) in [6, 6.07) is 11.5. The van der Waals surface area contributed by atoms with Gasteiger partial charge in [0.25, 0.3) is 0 Å². The predicted octanol–water partition coefficient (Wildman–Crippen LogP) is 5.33. The molecule has 1 fully saturated rings. The van der Waals surface area contributed by atoms with Crippen LogP contribution in [-0.2, 0) is 0 Å². The molecule has 0 bridgehead atoms. The summed E-state index contributed by atoms with van der Waals surface area (Å²) in [5.41, 5.74) is 1.46. The standard InChI is InChI=1S/C19H31N/c1-3-4-14-19(17-11-6-5-7-12-17)20-15-18-13-9-8-10-16(18)2/h5-7,11-12,16,18-20H,3-4,8-10,13-15H2,1-2H3. The molecule has 1 N–H and O–H groups in total. The summed E-state index contributed by atoms with van der Waals surface area (Å²) in [5.74, 6) is 1.79. The van der Waals surface area contributed by atoms with Crippen molar-refractivity contribution < 1.29 is 0 Å². The first-order chi connectivity index (χ1) is 9.81. The molecule has 1 aliphatic rings. The summed E-state index contributed by atoms with van der Waals surface area (Å²) in [7, 11) is 0. The van der Waals surface area contributed by atoms with Gasteiger partial charge in [-0.05, 0) is 36.8 Å². The summed E-state index contributed by atoms with van der Waals surface area (Å²) >= 11 is 0. The second-order valence-electron chi connectivity index (χ2n) is 6.54. The second-order valence-corrected chi connectivity index (χ2v) is 6.54. The zero-order chi connectivity index (χ0) is 14.2. The van der Waals surface area contributed by atoms with E-state index in [2.05, 4.69) is 49.5 Å². The van der Waals surface area contributed by atoms with Crippen molar-refractivity contribution in [3.05, 3.63) is 35.9 Å². The Labute approximate surface area is 125 Å². The van der Waals surface area contributed by atoms with Gasteiger partial charge in [0.15, 0.2) is 0 Å². The lowest BCUT2D eigenvalue weighted by Gasteiger charge is -2.31. The lowest BCUT2D eigenvalue weighted by Crippen LogP contribution is -2.32. The molecule has 0 radical (unpaired) electrons. The maximum absolute atomic E-state index is 3.87. The number of hydrogen-bond donors (Lipinski definition) is 1. The Morgan fingerprint density at radius 3 is 2.60 bits per heavy atom. The van der Waals surface area contributed by atoms with Gasteiger partial charge >= 0.3 is 0 Å². The quantitative estimate of drug-likeness (QED) is 0.707. The molecule has 0 aliphatic heterocycles. The van der Waals surface area contributed by atoms with Crippen molar-refractivity contribution in [1.29, 1.82) is 0 Å². The molecule has 0 aromatic heterocycles. The summed E-state index contributed by atoms with van der Waals surface area (Å²) in [6.07, 6.45) is 9.58. The molecule has 1 aromatic rings. The molecule has 1 nitrogen and oxygen atoms in total. The first-order valence-corrected chi connectivity index (χ1v) is 8.59. The largest absolute Gasteiger partial charge is 0.310 e. The minimum Gasteiger partial charge on any atom is -0.310 e. The minimum absolute atomic E-state index is 0.547. The smallest absolute Gasteiger partial charge is 0.0320 e. The van der Waals surface area contributed by atoms with Gasteiger partial charge in [-0.15, -0.1) is 0 Å². The van der Waals surface area contributed by atoms with E-state index in [1.807, 2.05) is 0 Å². The van der Waals surface area contributed by atoms with E-state index in [0.717, 1.165) is 11.8 Å². The first kappa shape index (κ1) is 15.6. The van der Waals surface area contributed by atoms with E-state index < -0.39 is 0 Å². The third kappa shape index (κ3) is 4.63. The molecular formula is C19H31N. The number of nitrogens with one attached hydrogen (secondary N) is 1. The lowest BCUT2D eigenvalue weighted by atomic mass is 9.80. The maximum Gasteiger partial charge on any atom is 0.0320 e. The van der Waals surface area contributed by atoms with Gasteiger partial charge in [0.1, 0.15) is 0 Å². The van der Waals surface area contributed by atoms with Gasteiger partial charge in [-0.25, -0.2) is 0 Å². The number of hydrogen-bond acceptors (Lipinski definition) is 1. The minimum atomic E-state index is 0.547. The highest BCUT2D eigenvalue weighted by Crippen LogP contribution is 2.30. The van der Waals surface area contributed by atoms with E-state index in [1.165, 1.54) is 57.1 Å².